The summed E-state index contributed by atoms with van der Waals surface area (Å²) in [5.41, 5.74) is 0. The van der Waals surface area contributed by atoms with Gasteiger partial charge in [-0.1, -0.05) is 0 Å². The lowest BCUT2D eigenvalue weighted by atomic mass is 10.0. The molecule has 0 radical (unpaired) electrons. The maximum atomic E-state index is 6.21. The van der Waals surface area contributed by atoms with Gasteiger partial charge in [-0.15, -0.1) is 0 Å². The molecule has 0 aliphatic heterocycles. The Morgan fingerprint density at radius 1 is 0.480 bits per heavy atom. The van der Waals surface area contributed by atoms with Crippen LogP contribution in [0.15, 0.2) is 0 Å². The van der Waals surface area contributed by atoms with Crippen molar-refractivity contribution < 1.29 is 4.74 Å². The second-order valence-electron chi connectivity index (χ2n) is 8.64. The number of rotatable bonds is 16. The topological polar surface area (TPSA) is 22.2 Å². The van der Waals surface area contributed by atoms with E-state index in [2.05, 4.69) is 76.0 Å². The predicted octanol–water partition coefficient (Wildman–Crippen LogP) is 2.04. The van der Waals surface area contributed by atoms with Crippen LogP contribution in [0.4, 0.5) is 0 Å². The quantitative estimate of drug-likeness (QED) is 0.420. The zero-order valence-electron chi connectivity index (χ0n) is 18.4. The van der Waals surface area contributed by atoms with Gasteiger partial charge in [-0.2, -0.15) is 0 Å². The molecule has 152 valence electrons. The zero-order valence-corrected chi connectivity index (χ0v) is 18.4. The minimum atomic E-state index is 0.660. The number of ether oxygens (including phenoxy) is 1. The average molecular weight is 359 g/mol. The van der Waals surface area contributed by atoms with Crippen LogP contribution in [-0.2, 0) is 4.74 Å². The van der Waals surface area contributed by atoms with Gasteiger partial charge in [0.25, 0.3) is 0 Å². The maximum absolute atomic E-state index is 6.21. The lowest BCUT2D eigenvalue weighted by molar-refractivity contribution is 0.0541. The molecule has 0 amide bonds. The Bertz CT molecular complexity index is 243. The third-order valence-corrected chi connectivity index (χ3v) is 4.65. The van der Waals surface area contributed by atoms with Gasteiger partial charge in [-0.3, -0.25) is 0 Å². The molecule has 0 bridgehead atoms. The summed E-state index contributed by atoms with van der Waals surface area (Å²) in [6.45, 7) is 6.39. The van der Waals surface area contributed by atoms with E-state index in [9.17, 15) is 0 Å². The Morgan fingerprint density at radius 3 is 0.920 bits per heavy atom. The number of nitrogens with zero attached hydrogens (tertiary/aromatic N) is 4. The van der Waals surface area contributed by atoms with Crippen LogP contribution in [0.2, 0.25) is 0 Å². The molecule has 0 aromatic heterocycles. The van der Waals surface area contributed by atoms with E-state index < -0.39 is 0 Å². The smallest absolute Gasteiger partial charge is 0.0495 e. The van der Waals surface area contributed by atoms with E-state index in [1.807, 2.05) is 0 Å². The first-order valence-electron chi connectivity index (χ1n) is 9.87. The molecule has 0 heterocycles. The predicted molar refractivity (Wildman–Crippen MR) is 110 cm³/mol. The Kier molecular flexibility index (Phi) is 14.8. The summed E-state index contributed by atoms with van der Waals surface area (Å²) in [7, 11) is 17.2. The molecule has 0 aromatic rings. The van der Waals surface area contributed by atoms with E-state index >= 15 is 0 Å². The van der Waals surface area contributed by atoms with E-state index in [0.29, 0.717) is 11.8 Å². The second kappa shape index (κ2) is 14.9. The van der Waals surface area contributed by atoms with Crippen LogP contribution in [0.1, 0.15) is 25.7 Å². The van der Waals surface area contributed by atoms with Crippen LogP contribution >= 0.6 is 0 Å². The molecule has 0 atom stereocenters. The molecule has 25 heavy (non-hydrogen) atoms. The van der Waals surface area contributed by atoms with Gasteiger partial charge in [0.1, 0.15) is 0 Å². The van der Waals surface area contributed by atoms with Gasteiger partial charge < -0.3 is 24.3 Å². The minimum Gasteiger partial charge on any atom is -0.381 e. The first kappa shape index (κ1) is 24.8. The van der Waals surface area contributed by atoms with Gasteiger partial charge >= 0.3 is 0 Å². The van der Waals surface area contributed by atoms with E-state index in [1.165, 1.54) is 25.7 Å². The summed E-state index contributed by atoms with van der Waals surface area (Å²) >= 11 is 0. The average Bonchev–Trinajstić information content (AvgIpc) is 2.50. The largest absolute Gasteiger partial charge is 0.381 e. The van der Waals surface area contributed by atoms with E-state index in [4.69, 9.17) is 4.74 Å². The number of hydrogen-bond acceptors (Lipinski definition) is 5. The van der Waals surface area contributed by atoms with Crippen LogP contribution < -0.4 is 0 Å². The highest BCUT2D eigenvalue weighted by Crippen LogP contribution is 2.14. The van der Waals surface area contributed by atoms with Crippen LogP contribution in [0.3, 0.4) is 0 Å². The van der Waals surface area contributed by atoms with Crippen molar-refractivity contribution in [1.29, 1.82) is 0 Å². The molecule has 0 saturated heterocycles. The first-order chi connectivity index (χ1) is 11.7. The zero-order chi connectivity index (χ0) is 19.2. The molecular formula is C20H46N4O. The Morgan fingerprint density at radius 2 is 0.720 bits per heavy atom. The molecule has 0 aliphatic rings. The Balaban J connectivity index is 4.31. The molecular weight excluding hydrogens is 312 g/mol. The standard InChI is InChI=1S/C20H46N4O/c1-21(2)13-9-19(10-14-22(3)4)17-25-18-20(11-15-23(5)6)12-16-24(7)8/h19-20H,9-18H2,1-8H3. The first-order valence-corrected chi connectivity index (χ1v) is 9.87. The fourth-order valence-corrected chi connectivity index (χ4v) is 2.79. The number of hydrogen-bond donors (Lipinski definition) is 0. The summed E-state index contributed by atoms with van der Waals surface area (Å²) < 4.78 is 6.21. The van der Waals surface area contributed by atoms with E-state index in [-0.39, 0.29) is 0 Å². The molecule has 0 fully saturated rings. The maximum Gasteiger partial charge on any atom is 0.0495 e. The fourth-order valence-electron chi connectivity index (χ4n) is 2.79. The van der Waals surface area contributed by atoms with Crippen molar-refractivity contribution in [1.82, 2.24) is 19.6 Å². The lowest BCUT2D eigenvalue weighted by Gasteiger charge is -2.24. The van der Waals surface area contributed by atoms with E-state index in [1.54, 1.807) is 0 Å². The normalized spacial score (nSPS) is 12.7. The molecule has 5 nitrogen and oxygen atoms in total. The van der Waals surface area contributed by atoms with Crippen LogP contribution in [0.25, 0.3) is 0 Å². The van der Waals surface area contributed by atoms with Crippen molar-refractivity contribution >= 4 is 0 Å². The third kappa shape index (κ3) is 17.0. The lowest BCUT2D eigenvalue weighted by Crippen LogP contribution is -2.26. The van der Waals surface area contributed by atoms with Gasteiger partial charge in [0.2, 0.25) is 0 Å². The summed E-state index contributed by atoms with van der Waals surface area (Å²) in [5.74, 6) is 1.32. The van der Waals surface area contributed by atoms with Gasteiger partial charge in [-0.25, -0.2) is 0 Å². The van der Waals surface area contributed by atoms with Gasteiger partial charge in [0.05, 0.1) is 0 Å². The van der Waals surface area contributed by atoms with Crippen molar-refractivity contribution in [2.75, 3.05) is 95.8 Å². The van der Waals surface area contributed by atoms with Crippen molar-refractivity contribution in [2.45, 2.75) is 25.7 Å². The summed E-state index contributed by atoms with van der Waals surface area (Å²) in [6.07, 6.45) is 4.89. The van der Waals surface area contributed by atoms with Crippen LogP contribution in [-0.4, -0.2) is 115 Å². The molecule has 0 aromatic carbocycles. The Labute approximate surface area is 158 Å². The highest BCUT2D eigenvalue weighted by Gasteiger charge is 2.14. The van der Waals surface area contributed by atoms with E-state index in [0.717, 1.165) is 39.4 Å². The van der Waals surface area contributed by atoms with Crippen LogP contribution in [0, 0.1) is 11.8 Å². The minimum absolute atomic E-state index is 0.660. The third-order valence-electron chi connectivity index (χ3n) is 4.65. The summed E-state index contributed by atoms with van der Waals surface area (Å²) in [6, 6.07) is 0. The highest BCUT2D eigenvalue weighted by atomic mass is 16.5. The molecule has 0 unspecified atom stereocenters. The van der Waals surface area contributed by atoms with Crippen molar-refractivity contribution in [3.8, 4) is 0 Å². The van der Waals surface area contributed by atoms with Gasteiger partial charge in [0, 0.05) is 13.2 Å². The molecule has 0 saturated carbocycles. The SMILES string of the molecule is CN(C)CCC(CCN(C)C)COCC(CCN(C)C)CCN(C)C. The van der Waals surface area contributed by atoms with Crippen molar-refractivity contribution in [2.24, 2.45) is 11.8 Å². The fraction of sp³-hybridized carbons (Fsp3) is 1.00. The second-order valence-corrected chi connectivity index (χ2v) is 8.64. The molecule has 0 spiro atoms. The molecule has 0 rings (SSSR count). The summed E-state index contributed by atoms with van der Waals surface area (Å²) in [5, 5.41) is 0. The van der Waals surface area contributed by atoms with Gasteiger partial charge in [-0.05, 0) is 120 Å². The molecule has 0 aliphatic carbocycles. The monoisotopic (exact) mass is 358 g/mol. The molecule has 5 heteroatoms. The van der Waals surface area contributed by atoms with Crippen molar-refractivity contribution in [3.05, 3.63) is 0 Å². The van der Waals surface area contributed by atoms with Gasteiger partial charge in [0.15, 0.2) is 0 Å². The highest BCUT2D eigenvalue weighted by molar-refractivity contribution is 4.66. The van der Waals surface area contributed by atoms with Crippen LogP contribution in [0.5, 0.6) is 0 Å². The summed E-state index contributed by atoms with van der Waals surface area (Å²) in [4.78, 5) is 9.11. The van der Waals surface area contributed by atoms with Crippen molar-refractivity contribution in [3.63, 3.8) is 0 Å². The molecule has 0 N–H and O–H groups in total. The Hall–Kier alpha value is -0.200.